The zero-order chi connectivity index (χ0) is 15.2. The van der Waals surface area contributed by atoms with E-state index in [1.165, 1.54) is 11.4 Å². The lowest BCUT2D eigenvalue weighted by Gasteiger charge is -2.45. The molecule has 3 aliphatic rings. The smallest absolute Gasteiger partial charge is 0.155 e. The minimum atomic E-state index is 0.0959. The topological polar surface area (TPSA) is 30.9 Å². The van der Waals surface area contributed by atoms with Gasteiger partial charge in [0.25, 0.3) is 0 Å². The van der Waals surface area contributed by atoms with Crippen LogP contribution in [0.15, 0.2) is 71.1 Å². The first-order valence-electron chi connectivity index (χ1n) is 7.72. The van der Waals surface area contributed by atoms with Crippen LogP contribution in [0.5, 0.6) is 0 Å². The molecule has 0 unspecified atom stereocenters. The van der Waals surface area contributed by atoms with Crippen molar-refractivity contribution < 1.29 is 0 Å². The van der Waals surface area contributed by atoms with Gasteiger partial charge in [0.05, 0.1) is 11.9 Å². The molecule has 3 aliphatic heterocycles. The van der Waals surface area contributed by atoms with E-state index in [1.807, 2.05) is 18.4 Å². The fourth-order valence-electron chi connectivity index (χ4n) is 3.12. The second-order valence-corrected chi connectivity index (χ2v) is 6.49. The van der Waals surface area contributed by atoms with Gasteiger partial charge in [-0.15, -0.1) is 0 Å². The van der Waals surface area contributed by atoms with Crippen molar-refractivity contribution in [1.29, 1.82) is 0 Å². The highest BCUT2D eigenvalue weighted by Gasteiger charge is 2.35. The number of para-hydroxylation sites is 1. The molecule has 1 aromatic rings. The molecule has 0 saturated heterocycles. The number of benzene rings is 1. The fraction of sp³-hybridized carbons (Fsp3) is 0.278. The fourth-order valence-corrected chi connectivity index (χ4v) is 3.12. The Bertz CT molecular complexity index is 710. The van der Waals surface area contributed by atoms with E-state index in [-0.39, 0.29) is 5.54 Å². The molecule has 1 N–H and O–H groups in total. The summed E-state index contributed by atoms with van der Waals surface area (Å²) in [7, 11) is 0. The standard InChI is InChI=1S/C18H20N4/c1-18(2)10-9-15-17(20-18)21-12-6-11-19-16(21)13-22(15)14-7-4-3-5-8-14/h3-8,11-13,20H,9-10H2,1-2H3. The van der Waals surface area contributed by atoms with Crippen LogP contribution in [-0.4, -0.2) is 16.7 Å². The minimum Gasteiger partial charge on any atom is -0.365 e. The number of hydrogen-bond donors (Lipinski definition) is 1. The molecule has 0 spiro atoms. The first-order valence-corrected chi connectivity index (χ1v) is 7.72. The van der Waals surface area contributed by atoms with Crippen molar-refractivity contribution in [1.82, 2.24) is 10.2 Å². The second kappa shape index (κ2) is 4.77. The quantitative estimate of drug-likeness (QED) is 0.859. The number of fused-ring (bicyclic) bond motifs is 2. The summed E-state index contributed by atoms with van der Waals surface area (Å²) >= 11 is 0. The Labute approximate surface area is 131 Å². The van der Waals surface area contributed by atoms with Crippen LogP contribution in [-0.2, 0) is 0 Å². The van der Waals surface area contributed by atoms with Gasteiger partial charge in [-0.1, -0.05) is 18.2 Å². The Morgan fingerprint density at radius 3 is 2.77 bits per heavy atom. The van der Waals surface area contributed by atoms with E-state index < -0.39 is 0 Å². The van der Waals surface area contributed by atoms with Crippen LogP contribution in [0.3, 0.4) is 0 Å². The number of allylic oxidation sites excluding steroid dienone is 2. The lowest BCUT2D eigenvalue weighted by Crippen LogP contribution is -2.50. The van der Waals surface area contributed by atoms with Crippen molar-refractivity contribution in [2.45, 2.75) is 32.2 Å². The van der Waals surface area contributed by atoms with Gasteiger partial charge >= 0.3 is 0 Å². The van der Waals surface area contributed by atoms with E-state index in [4.69, 9.17) is 0 Å². The van der Waals surface area contributed by atoms with Gasteiger partial charge in [-0.05, 0) is 44.9 Å². The number of aliphatic imine (C=N–C) groups is 1. The second-order valence-electron chi connectivity index (χ2n) is 6.49. The van der Waals surface area contributed by atoms with Crippen molar-refractivity contribution in [3.8, 4) is 0 Å². The molecule has 0 radical (unpaired) electrons. The largest absolute Gasteiger partial charge is 0.365 e. The van der Waals surface area contributed by atoms with Crippen LogP contribution >= 0.6 is 0 Å². The third-order valence-electron chi connectivity index (χ3n) is 4.30. The molecule has 0 aromatic heterocycles. The molecule has 3 heterocycles. The molecular weight excluding hydrogens is 272 g/mol. The van der Waals surface area contributed by atoms with Gasteiger partial charge in [0, 0.05) is 23.6 Å². The van der Waals surface area contributed by atoms with E-state index in [0.717, 1.165) is 24.5 Å². The molecule has 0 amide bonds. The molecule has 0 aliphatic carbocycles. The van der Waals surface area contributed by atoms with Crippen LogP contribution < -0.4 is 10.2 Å². The Hall–Kier alpha value is -2.49. The third-order valence-corrected chi connectivity index (χ3v) is 4.30. The highest BCUT2D eigenvalue weighted by atomic mass is 15.4. The molecule has 4 heteroatoms. The molecule has 4 nitrogen and oxygen atoms in total. The number of nitrogens with one attached hydrogen (secondary N) is 1. The average molecular weight is 292 g/mol. The van der Waals surface area contributed by atoms with E-state index in [1.54, 1.807) is 0 Å². The number of rotatable bonds is 1. The molecule has 4 rings (SSSR count). The van der Waals surface area contributed by atoms with E-state index in [0.29, 0.717) is 0 Å². The third kappa shape index (κ3) is 2.11. The molecule has 0 saturated carbocycles. The van der Waals surface area contributed by atoms with Crippen molar-refractivity contribution in [2.75, 3.05) is 4.90 Å². The molecule has 0 bridgehead atoms. The maximum Gasteiger partial charge on any atom is 0.155 e. The SMILES string of the molecule is CC1(C)CCC2=C(N1)N1C=CC=NC1=CN2c1ccccc1. The number of hydrogen-bond acceptors (Lipinski definition) is 4. The zero-order valence-corrected chi connectivity index (χ0v) is 13.0. The maximum absolute atomic E-state index is 4.53. The summed E-state index contributed by atoms with van der Waals surface area (Å²) in [6.45, 7) is 4.50. The highest BCUT2D eigenvalue weighted by molar-refractivity contribution is 5.74. The van der Waals surface area contributed by atoms with Crippen molar-refractivity contribution in [3.05, 3.63) is 66.1 Å². The molecule has 112 valence electrons. The Kier molecular flexibility index (Phi) is 2.86. The van der Waals surface area contributed by atoms with Gasteiger partial charge in [0.15, 0.2) is 5.82 Å². The summed E-state index contributed by atoms with van der Waals surface area (Å²) in [5.74, 6) is 2.08. The molecule has 0 atom stereocenters. The van der Waals surface area contributed by atoms with Crippen LogP contribution in [0.1, 0.15) is 26.7 Å². The number of nitrogens with zero attached hydrogens (tertiary/aromatic N) is 3. The molecule has 0 fully saturated rings. The van der Waals surface area contributed by atoms with E-state index in [2.05, 4.69) is 70.6 Å². The number of anilines is 1. The van der Waals surface area contributed by atoms with E-state index >= 15 is 0 Å². The van der Waals surface area contributed by atoms with Gasteiger partial charge in [-0.3, -0.25) is 4.90 Å². The van der Waals surface area contributed by atoms with Gasteiger partial charge in [-0.25, -0.2) is 4.99 Å². The average Bonchev–Trinajstić information content (AvgIpc) is 2.54. The first kappa shape index (κ1) is 13.2. The van der Waals surface area contributed by atoms with Crippen molar-refractivity contribution in [3.63, 3.8) is 0 Å². The first-order chi connectivity index (χ1) is 10.6. The van der Waals surface area contributed by atoms with E-state index in [9.17, 15) is 0 Å². The van der Waals surface area contributed by atoms with Gasteiger partial charge in [-0.2, -0.15) is 0 Å². The zero-order valence-electron chi connectivity index (χ0n) is 13.0. The van der Waals surface area contributed by atoms with Crippen molar-refractivity contribution in [2.24, 2.45) is 4.99 Å². The molecule has 1 aromatic carbocycles. The summed E-state index contributed by atoms with van der Waals surface area (Å²) in [6, 6.07) is 10.5. The highest BCUT2D eigenvalue weighted by Crippen LogP contribution is 2.38. The molecular formula is C18H20N4. The molecule has 22 heavy (non-hydrogen) atoms. The van der Waals surface area contributed by atoms with Crippen LogP contribution in [0.25, 0.3) is 0 Å². The predicted molar refractivity (Wildman–Crippen MR) is 89.9 cm³/mol. The normalized spacial score (nSPS) is 22.0. The maximum atomic E-state index is 4.53. The summed E-state index contributed by atoms with van der Waals surface area (Å²) in [4.78, 5) is 8.94. The van der Waals surface area contributed by atoms with Crippen LogP contribution in [0, 0.1) is 0 Å². The minimum absolute atomic E-state index is 0.0959. The monoisotopic (exact) mass is 292 g/mol. The summed E-state index contributed by atoms with van der Waals surface area (Å²) in [5.41, 5.74) is 2.57. The summed E-state index contributed by atoms with van der Waals surface area (Å²) in [6.07, 6.45) is 10.2. The Morgan fingerprint density at radius 2 is 1.95 bits per heavy atom. The van der Waals surface area contributed by atoms with Crippen LogP contribution in [0.4, 0.5) is 5.69 Å². The van der Waals surface area contributed by atoms with Crippen LogP contribution in [0.2, 0.25) is 0 Å². The lowest BCUT2D eigenvalue weighted by atomic mass is 9.92. The summed E-state index contributed by atoms with van der Waals surface area (Å²) < 4.78 is 0. The van der Waals surface area contributed by atoms with Gasteiger partial charge in [0.2, 0.25) is 0 Å². The van der Waals surface area contributed by atoms with Gasteiger partial charge < -0.3 is 10.2 Å². The Morgan fingerprint density at radius 1 is 1.14 bits per heavy atom. The predicted octanol–water partition coefficient (Wildman–Crippen LogP) is 3.54. The Balaban J connectivity index is 1.83. The summed E-state index contributed by atoms with van der Waals surface area (Å²) in [5, 5.41) is 3.69. The van der Waals surface area contributed by atoms with Crippen molar-refractivity contribution >= 4 is 11.9 Å². The van der Waals surface area contributed by atoms with Gasteiger partial charge in [0.1, 0.15) is 5.82 Å². The lowest BCUT2D eigenvalue weighted by molar-refractivity contribution is 0.314.